The van der Waals surface area contributed by atoms with Gasteiger partial charge in [0, 0.05) is 24.7 Å². The van der Waals surface area contributed by atoms with Crippen LogP contribution in [0, 0.1) is 0 Å². The third kappa shape index (κ3) is 3.71. The van der Waals surface area contributed by atoms with Crippen LogP contribution in [0.15, 0.2) is 30.9 Å². The molecule has 0 spiro atoms. The number of likely N-dealkylation sites (tertiary alicyclic amines) is 1. The molecule has 0 amide bonds. The lowest BCUT2D eigenvalue weighted by molar-refractivity contribution is 0.0600. The molecule has 23 heavy (non-hydrogen) atoms. The zero-order valence-corrected chi connectivity index (χ0v) is 13.7. The van der Waals surface area contributed by atoms with Gasteiger partial charge in [0.05, 0.1) is 18.7 Å². The van der Waals surface area contributed by atoms with Gasteiger partial charge in [-0.2, -0.15) is 5.10 Å². The molecule has 7 heteroatoms. The minimum Gasteiger partial charge on any atom is -0.465 e. The molecule has 0 saturated carbocycles. The highest BCUT2D eigenvalue weighted by Gasteiger charge is 2.21. The maximum Gasteiger partial charge on any atom is 0.337 e. The Kier molecular flexibility index (Phi) is 4.93. The fraction of sp³-hybridized carbons (Fsp3) is 0.438. The first kappa shape index (κ1) is 16.0. The Morgan fingerprint density at radius 2 is 2.17 bits per heavy atom. The zero-order valence-electron chi connectivity index (χ0n) is 13.0. The third-order valence-electron chi connectivity index (χ3n) is 4.23. The van der Waals surface area contributed by atoms with Crippen LogP contribution < -0.4 is 0 Å². The van der Waals surface area contributed by atoms with Crippen molar-refractivity contribution in [1.82, 2.24) is 19.7 Å². The van der Waals surface area contributed by atoms with Crippen LogP contribution in [0.2, 0.25) is 5.02 Å². The summed E-state index contributed by atoms with van der Waals surface area (Å²) >= 11 is 6.27. The van der Waals surface area contributed by atoms with E-state index in [9.17, 15) is 4.79 Å². The summed E-state index contributed by atoms with van der Waals surface area (Å²) in [6, 6.07) is 5.67. The van der Waals surface area contributed by atoms with Crippen molar-refractivity contribution in [3.05, 3.63) is 47.0 Å². The van der Waals surface area contributed by atoms with Gasteiger partial charge in [-0.05, 0) is 36.6 Å². The van der Waals surface area contributed by atoms with E-state index in [2.05, 4.69) is 15.0 Å². The van der Waals surface area contributed by atoms with Gasteiger partial charge in [-0.1, -0.05) is 11.6 Å². The van der Waals surface area contributed by atoms with Crippen LogP contribution >= 0.6 is 11.6 Å². The predicted octanol–water partition coefficient (Wildman–Crippen LogP) is 2.56. The molecular weight excluding hydrogens is 316 g/mol. The highest BCUT2D eigenvalue weighted by Crippen LogP contribution is 2.25. The molecular formula is C16H19ClN4O2. The monoisotopic (exact) mass is 334 g/mol. The van der Waals surface area contributed by atoms with E-state index >= 15 is 0 Å². The number of piperidine rings is 1. The van der Waals surface area contributed by atoms with Crippen LogP contribution in [0.25, 0.3) is 0 Å². The van der Waals surface area contributed by atoms with Crippen molar-refractivity contribution in [2.24, 2.45) is 0 Å². The van der Waals surface area contributed by atoms with E-state index < -0.39 is 0 Å². The number of halogens is 1. The fourth-order valence-electron chi connectivity index (χ4n) is 2.93. The largest absolute Gasteiger partial charge is 0.465 e. The van der Waals surface area contributed by atoms with Crippen molar-refractivity contribution >= 4 is 17.6 Å². The molecule has 122 valence electrons. The molecule has 0 N–H and O–H groups in total. The summed E-state index contributed by atoms with van der Waals surface area (Å²) in [6.07, 6.45) is 5.40. The molecule has 1 aromatic carbocycles. The molecule has 0 atom stereocenters. The molecule has 1 aliphatic heterocycles. The van der Waals surface area contributed by atoms with Crippen LogP contribution in [0.1, 0.15) is 34.8 Å². The minimum absolute atomic E-state index is 0.340. The van der Waals surface area contributed by atoms with Gasteiger partial charge in [-0.25, -0.2) is 14.5 Å². The maximum absolute atomic E-state index is 11.6. The molecule has 6 nitrogen and oxygen atoms in total. The number of rotatable bonds is 4. The molecule has 2 aromatic rings. The van der Waals surface area contributed by atoms with Crippen LogP contribution in [0.4, 0.5) is 0 Å². The smallest absolute Gasteiger partial charge is 0.337 e. The van der Waals surface area contributed by atoms with E-state index in [1.807, 2.05) is 10.7 Å². The number of aromatic nitrogens is 3. The second-order valence-electron chi connectivity index (χ2n) is 5.68. The van der Waals surface area contributed by atoms with Crippen LogP contribution in [0.3, 0.4) is 0 Å². The Balaban J connectivity index is 1.63. The number of carbonyl (C=O) groups excluding carboxylic acids is 1. The maximum atomic E-state index is 11.6. The standard InChI is InChI=1S/C16H19ClN4O2/c1-23-16(22)12-2-3-15(17)13(8-12)9-20-6-4-14(5-7-20)21-11-18-10-19-21/h2-3,8,10-11,14H,4-7,9H2,1H3. The van der Waals surface area contributed by atoms with Crippen molar-refractivity contribution in [3.63, 3.8) is 0 Å². The van der Waals surface area contributed by atoms with Crippen molar-refractivity contribution in [1.29, 1.82) is 0 Å². The first-order valence-corrected chi connectivity index (χ1v) is 7.98. The van der Waals surface area contributed by atoms with Crippen molar-refractivity contribution in [2.45, 2.75) is 25.4 Å². The number of benzene rings is 1. The summed E-state index contributed by atoms with van der Waals surface area (Å²) in [4.78, 5) is 18.0. The van der Waals surface area contributed by atoms with E-state index in [4.69, 9.17) is 16.3 Å². The van der Waals surface area contributed by atoms with Gasteiger partial charge in [-0.15, -0.1) is 0 Å². The molecule has 2 heterocycles. The summed E-state index contributed by atoms with van der Waals surface area (Å²) in [5, 5.41) is 4.89. The molecule has 1 aliphatic rings. The van der Waals surface area contributed by atoms with Crippen LogP contribution in [-0.4, -0.2) is 45.8 Å². The second-order valence-corrected chi connectivity index (χ2v) is 6.09. The molecule has 0 radical (unpaired) electrons. The molecule has 1 aromatic heterocycles. The van der Waals surface area contributed by atoms with Gasteiger partial charge in [0.15, 0.2) is 0 Å². The van der Waals surface area contributed by atoms with Crippen molar-refractivity contribution in [2.75, 3.05) is 20.2 Å². The lowest BCUT2D eigenvalue weighted by Gasteiger charge is -2.32. The molecule has 0 unspecified atom stereocenters. The van der Waals surface area contributed by atoms with Gasteiger partial charge in [0.25, 0.3) is 0 Å². The van der Waals surface area contributed by atoms with E-state index in [0.717, 1.165) is 38.0 Å². The molecule has 0 bridgehead atoms. The second kappa shape index (κ2) is 7.10. The highest BCUT2D eigenvalue weighted by molar-refractivity contribution is 6.31. The van der Waals surface area contributed by atoms with Crippen molar-refractivity contribution < 1.29 is 9.53 Å². The molecule has 1 saturated heterocycles. The van der Waals surface area contributed by atoms with Gasteiger partial charge in [0.2, 0.25) is 0 Å². The number of carbonyl (C=O) groups is 1. The number of ether oxygens (including phenoxy) is 1. The van der Waals surface area contributed by atoms with Crippen LogP contribution in [-0.2, 0) is 11.3 Å². The zero-order chi connectivity index (χ0) is 16.2. The summed E-state index contributed by atoms with van der Waals surface area (Å²) < 4.78 is 6.70. The molecule has 1 fully saturated rings. The predicted molar refractivity (Wildman–Crippen MR) is 86.4 cm³/mol. The quantitative estimate of drug-likeness (QED) is 0.804. The van der Waals surface area contributed by atoms with Gasteiger partial charge >= 0.3 is 5.97 Å². The van der Waals surface area contributed by atoms with E-state index in [1.165, 1.54) is 7.11 Å². The number of nitrogens with zero attached hydrogens (tertiary/aromatic N) is 4. The number of hydrogen-bond acceptors (Lipinski definition) is 5. The molecule has 3 rings (SSSR count). The average Bonchev–Trinajstić information content (AvgIpc) is 3.11. The van der Waals surface area contributed by atoms with Crippen molar-refractivity contribution in [3.8, 4) is 0 Å². The summed E-state index contributed by atoms with van der Waals surface area (Å²) in [7, 11) is 1.38. The SMILES string of the molecule is COC(=O)c1ccc(Cl)c(CN2CCC(n3cncn3)CC2)c1. The average molecular weight is 335 g/mol. The third-order valence-corrected chi connectivity index (χ3v) is 4.60. The first-order chi connectivity index (χ1) is 11.2. The number of esters is 1. The topological polar surface area (TPSA) is 60.2 Å². The number of methoxy groups -OCH3 is 1. The lowest BCUT2D eigenvalue weighted by Crippen LogP contribution is -2.34. The van der Waals surface area contributed by atoms with Crippen LogP contribution in [0.5, 0.6) is 0 Å². The Bertz CT molecular complexity index is 667. The van der Waals surface area contributed by atoms with Gasteiger partial charge < -0.3 is 4.74 Å². The fourth-order valence-corrected chi connectivity index (χ4v) is 3.11. The summed E-state index contributed by atoms with van der Waals surface area (Å²) in [5.41, 5.74) is 1.48. The summed E-state index contributed by atoms with van der Waals surface area (Å²) in [6.45, 7) is 2.65. The first-order valence-electron chi connectivity index (χ1n) is 7.60. The Hall–Kier alpha value is -1.92. The Morgan fingerprint density at radius 1 is 1.39 bits per heavy atom. The van der Waals surface area contributed by atoms with E-state index in [-0.39, 0.29) is 5.97 Å². The van der Waals surface area contributed by atoms with Gasteiger partial charge in [0.1, 0.15) is 12.7 Å². The Morgan fingerprint density at radius 3 is 2.83 bits per heavy atom. The highest BCUT2D eigenvalue weighted by atomic mass is 35.5. The minimum atomic E-state index is -0.340. The lowest BCUT2D eigenvalue weighted by atomic mass is 10.0. The van der Waals surface area contributed by atoms with E-state index in [1.54, 1.807) is 24.8 Å². The normalized spacial score (nSPS) is 16.4. The summed E-state index contributed by atoms with van der Waals surface area (Å²) in [5.74, 6) is -0.340. The molecule has 0 aliphatic carbocycles. The van der Waals surface area contributed by atoms with Gasteiger partial charge in [-0.3, -0.25) is 4.90 Å². The van der Waals surface area contributed by atoms with E-state index in [0.29, 0.717) is 16.6 Å². The Labute approximate surface area is 140 Å². The number of hydrogen-bond donors (Lipinski definition) is 0.